The highest BCUT2D eigenvalue weighted by Gasteiger charge is 2.22. The molecule has 0 atom stereocenters. The van der Waals surface area contributed by atoms with E-state index in [0.717, 1.165) is 46.8 Å². The van der Waals surface area contributed by atoms with Crippen molar-refractivity contribution in [2.45, 2.75) is 50.1 Å². The lowest BCUT2D eigenvalue weighted by atomic mass is 9.97. The van der Waals surface area contributed by atoms with Crippen LogP contribution in [-0.4, -0.2) is 15.5 Å². The number of nitrogens with zero attached hydrogens (tertiary/aromatic N) is 2. The maximum absolute atomic E-state index is 13.4. The lowest BCUT2D eigenvalue weighted by molar-refractivity contribution is -0.114. The number of anilines is 1. The van der Waals surface area contributed by atoms with E-state index in [2.05, 4.69) is 11.9 Å². The van der Waals surface area contributed by atoms with Gasteiger partial charge >= 0.3 is 5.63 Å². The molecule has 1 aliphatic carbocycles. The summed E-state index contributed by atoms with van der Waals surface area (Å²) in [6, 6.07) is 6.69. The number of amides is 1. The number of benzene rings is 1. The monoisotopic (exact) mass is 493 g/mol. The van der Waals surface area contributed by atoms with Crippen LogP contribution in [0.3, 0.4) is 0 Å². The lowest BCUT2D eigenvalue weighted by Crippen LogP contribution is -2.23. The van der Waals surface area contributed by atoms with Gasteiger partial charge in [-0.15, -0.1) is 17.9 Å². The van der Waals surface area contributed by atoms with E-state index in [4.69, 9.17) is 9.40 Å². The van der Waals surface area contributed by atoms with Crippen molar-refractivity contribution in [2.24, 2.45) is 0 Å². The fraction of sp³-hybridized carbons (Fsp3) is 0.280. The van der Waals surface area contributed by atoms with Crippen LogP contribution in [0.4, 0.5) is 5.69 Å². The lowest BCUT2D eigenvalue weighted by Gasteiger charge is -2.13. The quantitative estimate of drug-likeness (QED) is 0.178. The maximum atomic E-state index is 13.4. The second kappa shape index (κ2) is 9.23. The van der Waals surface area contributed by atoms with Crippen molar-refractivity contribution >= 4 is 55.9 Å². The molecule has 0 unspecified atom stereocenters. The molecule has 0 radical (unpaired) electrons. The number of hydrogen-bond donors (Lipinski definition) is 1. The molecule has 3 heterocycles. The molecule has 0 saturated carbocycles. The van der Waals surface area contributed by atoms with Crippen LogP contribution in [0, 0.1) is 0 Å². The van der Waals surface area contributed by atoms with Gasteiger partial charge in [-0.05, 0) is 48.9 Å². The van der Waals surface area contributed by atoms with Crippen LogP contribution in [0.1, 0.15) is 35.8 Å². The standard InChI is InChI=1S/C25H23N3O4S2/c1-3-10-28-24(31)22-18-6-4-5-7-20(18)34-23(22)27-25(28)33-13-15-11-21(30)32-19-12-16(26-14(2)29)8-9-17(15)19/h3,8-9,11-12H,1,4-7,10,13H2,2H3,(H,26,29). The number of carbonyl (C=O) groups excluding carboxylic acids is 1. The molecule has 3 aromatic heterocycles. The molecule has 174 valence electrons. The zero-order valence-electron chi connectivity index (χ0n) is 18.7. The number of nitrogens with one attached hydrogen (secondary N) is 1. The van der Waals surface area contributed by atoms with Crippen molar-refractivity contribution in [1.29, 1.82) is 0 Å². The molecule has 7 nitrogen and oxygen atoms in total. The van der Waals surface area contributed by atoms with Gasteiger partial charge in [0.2, 0.25) is 5.91 Å². The summed E-state index contributed by atoms with van der Waals surface area (Å²) in [5, 5.41) is 4.82. The number of thiophene rings is 1. The molecule has 1 amide bonds. The zero-order valence-corrected chi connectivity index (χ0v) is 20.3. The van der Waals surface area contributed by atoms with E-state index >= 15 is 0 Å². The molecule has 0 saturated heterocycles. The molecule has 0 aliphatic heterocycles. The first-order chi connectivity index (χ1) is 16.4. The SMILES string of the molecule is C=CCn1c(SCc2cc(=O)oc3cc(NC(C)=O)ccc23)nc2sc3c(c2c1=O)CCCC3. The Morgan fingerprint density at radius 2 is 2.12 bits per heavy atom. The minimum Gasteiger partial charge on any atom is -0.423 e. The molecule has 1 N–H and O–H groups in total. The van der Waals surface area contributed by atoms with Crippen molar-refractivity contribution in [3.8, 4) is 0 Å². The second-order valence-corrected chi connectivity index (χ2v) is 10.3. The van der Waals surface area contributed by atoms with Crippen LogP contribution in [-0.2, 0) is 29.9 Å². The molecule has 1 aliphatic rings. The van der Waals surface area contributed by atoms with Crippen LogP contribution in [0.2, 0.25) is 0 Å². The first kappa shape index (κ1) is 22.6. The zero-order chi connectivity index (χ0) is 23.8. The average molecular weight is 494 g/mol. The Labute approximate surface area is 203 Å². The summed E-state index contributed by atoms with van der Waals surface area (Å²) in [5.74, 6) is 0.229. The fourth-order valence-corrected chi connectivity index (χ4v) is 6.69. The van der Waals surface area contributed by atoms with Crippen molar-refractivity contribution < 1.29 is 9.21 Å². The summed E-state index contributed by atoms with van der Waals surface area (Å²) in [5.41, 5.74) is 2.40. The molecule has 0 spiro atoms. The Bertz CT molecular complexity index is 1560. The maximum Gasteiger partial charge on any atom is 0.336 e. The predicted molar refractivity (Wildman–Crippen MR) is 137 cm³/mol. The van der Waals surface area contributed by atoms with Crippen LogP contribution in [0.15, 0.2) is 56.1 Å². The second-order valence-electron chi connectivity index (χ2n) is 8.26. The Hall–Kier alpha value is -3.17. The van der Waals surface area contributed by atoms with Gasteiger partial charge in [-0.1, -0.05) is 17.8 Å². The topological polar surface area (TPSA) is 94.2 Å². The fourth-order valence-electron chi connectivity index (χ4n) is 4.39. The van der Waals surface area contributed by atoms with Crippen molar-refractivity contribution in [2.75, 3.05) is 5.32 Å². The van der Waals surface area contributed by atoms with E-state index in [1.165, 1.54) is 35.2 Å². The van der Waals surface area contributed by atoms with Crippen LogP contribution in [0.25, 0.3) is 21.2 Å². The Kier molecular flexibility index (Phi) is 6.14. The number of hydrogen-bond acceptors (Lipinski definition) is 7. The largest absolute Gasteiger partial charge is 0.423 e. The molecule has 4 aromatic rings. The summed E-state index contributed by atoms with van der Waals surface area (Å²) in [7, 11) is 0. The molecule has 9 heteroatoms. The van der Waals surface area contributed by atoms with E-state index < -0.39 is 5.63 Å². The number of allylic oxidation sites excluding steroid dienone is 1. The molecular weight excluding hydrogens is 470 g/mol. The number of aryl methyl sites for hydroxylation is 2. The number of rotatable bonds is 6. The Balaban J connectivity index is 1.54. The molecule has 0 bridgehead atoms. The van der Waals surface area contributed by atoms with Gasteiger partial charge < -0.3 is 9.73 Å². The van der Waals surface area contributed by atoms with Gasteiger partial charge in [-0.25, -0.2) is 9.78 Å². The van der Waals surface area contributed by atoms with Gasteiger partial charge in [0.1, 0.15) is 10.4 Å². The summed E-state index contributed by atoms with van der Waals surface area (Å²) < 4.78 is 7.03. The third-order valence-electron chi connectivity index (χ3n) is 5.86. The van der Waals surface area contributed by atoms with Gasteiger partial charge in [0.15, 0.2) is 5.16 Å². The van der Waals surface area contributed by atoms with Gasteiger partial charge in [0.25, 0.3) is 5.56 Å². The third kappa shape index (κ3) is 4.21. The Morgan fingerprint density at radius 1 is 1.29 bits per heavy atom. The number of thioether (sulfide) groups is 1. The summed E-state index contributed by atoms with van der Waals surface area (Å²) in [4.78, 5) is 44.0. The van der Waals surface area contributed by atoms with Gasteiger partial charge in [0.05, 0.1) is 5.39 Å². The first-order valence-corrected chi connectivity index (χ1v) is 12.9. The van der Waals surface area contributed by atoms with Crippen LogP contribution in [0.5, 0.6) is 0 Å². The molecule has 5 rings (SSSR count). The molecule has 34 heavy (non-hydrogen) atoms. The van der Waals surface area contributed by atoms with E-state index in [0.29, 0.717) is 28.7 Å². The number of fused-ring (bicyclic) bond motifs is 4. The van der Waals surface area contributed by atoms with Gasteiger partial charge in [0, 0.05) is 47.3 Å². The summed E-state index contributed by atoms with van der Waals surface area (Å²) in [6.07, 6.45) is 5.89. The molecule has 1 aromatic carbocycles. The predicted octanol–water partition coefficient (Wildman–Crippen LogP) is 4.88. The van der Waals surface area contributed by atoms with Crippen LogP contribution >= 0.6 is 23.1 Å². The van der Waals surface area contributed by atoms with E-state index in [9.17, 15) is 14.4 Å². The summed E-state index contributed by atoms with van der Waals surface area (Å²) >= 11 is 3.04. The highest BCUT2D eigenvalue weighted by atomic mass is 32.2. The molecule has 0 fully saturated rings. The van der Waals surface area contributed by atoms with E-state index in [1.54, 1.807) is 34.1 Å². The highest BCUT2D eigenvalue weighted by molar-refractivity contribution is 7.98. The van der Waals surface area contributed by atoms with E-state index in [1.807, 2.05) is 6.07 Å². The minimum atomic E-state index is -0.471. The number of aromatic nitrogens is 2. The van der Waals surface area contributed by atoms with Crippen molar-refractivity contribution in [1.82, 2.24) is 9.55 Å². The third-order valence-corrected chi connectivity index (χ3v) is 8.07. The van der Waals surface area contributed by atoms with Crippen LogP contribution < -0.4 is 16.5 Å². The highest BCUT2D eigenvalue weighted by Crippen LogP contribution is 2.35. The molecular formula is C25H23N3O4S2. The summed E-state index contributed by atoms with van der Waals surface area (Å²) in [6.45, 7) is 5.60. The van der Waals surface area contributed by atoms with Crippen molar-refractivity contribution in [3.05, 3.63) is 73.7 Å². The van der Waals surface area contributed by atoms with Gasteiger partial charge in [-0.2, -0.15) is 0 Å². The van der Waals surface area contributed by atoms with E-state index in [-0.39, 0.29) is 11.5 Å². The number of carbonyl (C=O) groups is 1. The Morgan fingerprint density at radius 3 is 2.91 bits per heavy atom. The minimum absolute atomic E-state index is 0.0239. The normalized spacial score (nSPS) is 13.2. The van der Waals surface area contributed by atoms with Crippen molar-refractivity contribution in [3.63, 3.8) is 0 Å². The average Bonchev–Trinajstić information content (AvgIpc) is 3.17. The van der Waals surface area contributed by atoms with Gasteiger partial charge in [-0.3, -0.25) is 14.2 Å². The smallest absolute Gasteiger partial charge is 0.336 e. The first-order valence-electron chi connectivity index (χ1n) is 11.1.